The van der Waals surface area contributed by atoms with Crippen molar-refractivity contribution in [2.24, 2.45) is 0 Å². The van der Waals surface area contributed by atoms with E-state index in [1.165, 1.54) is 30.3 Å². The molecular formula is C24H17FO4. The molecule has 5 heteroatoms. The Balaban J connectivity index is 1.60. The maximum atomic E-state index is 13.0. The molecule has 0 amide bonds. The van der Waals surface area contributed by atoms with E-state index in [1.807, 2.05) is 31.2 Å². The van der Waals surface area contributed by atoms with Gasteiger partial charge >= 0.3 is 5.97 Å². The zero-order valence-electron chi connectivity index (χ0n) is 15.9. The smallest absolute Gasteiger partial charge is 0.343 e. The van der Waals surface area contributed by atoms with Crippen molar-refractivity contribution in [2.45, 2.75) is 13.8 Å². The molecule has 0 aromatic heterocycles. The van der Waals surface area contributed by atoms with Crippen LogP contribution in [0.4, 0.5) is 4.39 Å². The number of carbonyl (C=O) groups is 2. The summed E-state index contributed by atoms with van der Waals surface area (Å²) in [5.74, 6) is -0.457. The largest absolute Gasteiger partial charge is 0.452 e. The maximum Gasteiger partial charge on any atom is 0.343 e. The van der Waals surface area contributed by atoms with Gasteiger partial charge in [0.1, 0.15) is 17.3 Å². The first-order valence-electron chi connectivity index (χ1n) is 9.04. The van der Waals surface area contributed by atoms with Crippen molar-refractivity contribution in [3.05, 3.63) is 100 Å². The number of allylic oxidation sites excluding steroid dienone is 1. The van der Waals surface area contributed by atoms with Crippen LogP contribution in [0.1, 0.15) is 37.4 Å². The standard InChI is InChI=1S/C24H17FO4/c1-14-4-3-5-16(10-14)12-21-23(26)22-15(2)11-19(13-20(22)29-21)28-24(27)17-6-8-18(25)9-7-17/h3-13H,1-2H3/b21-12-. The first-order valence-corrected chi connectivity index (χ1v) is 9.04. The molecule has 0 bridgehead atoms. The summed E-state index contributed by atoms with van der Waals surface area (Å²) in [5, 5.41) is 0. The van der Waals surface area contributed by atoms with Crippen LogP contribution < -0.4 is 9.47 Å². The number of esters is 1. The fraction of sp³-hybridized carbons (Fsp3) is 0.0833. The van der Waals surface area contributed by atoms with E-state index in [4.69, 9.17) is 9.47 Å². The summed E-state index contributed by atoms with van der Waals surface area (Å²) in [6.45, 7) is 3.73. The molecule has 29 heavy (non-hydrogen) atoms. The van der Waals surface area contributed by atoms with Gasteiger partial charge < -0.3 is 9.47 Å². The second-order valence-corrected chi connectivity index (χ2v) is 6.86. The van der Waals surface area contributed by atoms with Crippen molar-refractivity contribution >= 4 is 17.8 Å². The average molecular weight is 388 g/mol. The topological polar surface area (TPSA) is 52.6 Å². The molecule has 0 fully saturated rings. The number of Topliss-reactive ketones (excluding diaryl/α,β-unsaturated/α-hetero) is 1. The van der Waals surface area contributed by atoms with Gasteiger partial charge in [-0.15, -0.1) is 0 Å². The Morgan fingerprint density at radius 1 is 1.03 bits per heavy atom. The van der Waals surface area contributed by atoms with Crippen molar-refractivity contribution in [1.29, 1.82) is 0 Å². The Morgan fingerprint density at radius 3 is 2.52 bits per heavy atom. The SMILES string of the molecule is Cc1cccc(/C=C2\Oc3cc(OC(=O)c4ccc(F)cc4)cc(C)c3C2=O)c1. The van der Waals surface area contributed by atoms with Crippen LogP contribution in [0.25, 0.3) is 6.08 Å². The molecule has 0 unspecified atom stereocenters. The van der Waals surface area contributed by atoms with E-state index in [9.17, 15) is 14.0 Å². The lowest BCUT2D eigenvalue weighted by molar-refractivity contribution is 0.0734. The highest BCUT2D eigenvalue weighted by atomic mass is 19.1. The van der Waals surface area contributed by atoms with Gasteiger partial charge in [0.25, 0.3) is 0 Å². The van der Waals surface area contributed by atoms with Crippen LogP contribution in [-0.4, -0.2) is 11.8 Å². The first-order chi connectivity index (χ1) is 13.9. The van der Waals surface area contributed by atoms with Gasteiger partial charge in [0.05, 0.1) is 11.1 Å². The Labute approximate surface area is 167 Å². The summed E-state index contributed by atoms with van der Waals surface area (Å²) in [6.07, 6.45) is 1.69. The number of benzene rings is 3. The van der Waals surface area contributed by atoms with Crippen LogP contribution in [0, 0.1) is 19.7 Å². The van der Waals surface area contributed by atoms with Crippen molar-refractivity contribution in [3.8, 4) is 11.5 Å². The minimum absolute atomic E-state index is 0.213. The summed E-state index contributed by atoms with van der Waals surface area (Å²) in [5.41, 5.74) is 3.25. The maximum absolute atomic E-state index is 13.0. The summed E-state index contributed by atoms with van der Waals surface area (Å²) in [6, 6.07) is 15.9. The number of hydrogen-bond acceptors (Lipinski definition) is 4. The predicted octanol–water partition coefficient (Wildman–Crippen LogP) is 5.28. The fourth-order valence-corrected chi connectivity index (χ4v) is 3.20. The molecule has 144 valence electrons. The van der Waals surface area contributed by atoms with Gasteiger partial charge in [-0.1, -0.05) is 29.8 Å². The lowest BCUT2D eigenvalue weighted by Gasteiger charge is -2.07. The van der Waals surface area contributed by atoms with Gasteiger partial charge in [-0.3, -0.25) is 4.79 Å². The molecular weight excluding hydrogens is 371 g/mol. The van der Waals surface area contributed by atoms with Crippen molar-refractivity contribution < 1.29 is 23.5 Å². The van der Waals surface area contributed by atoms with Crippen molar-refractivity contribution in [2.75, 3.05) is 0 Å². The molecule has 0 atom stereocenters. The Bertz CT molecular complexity index is 1160. The third-order valence-corrected chi connectivity index (χ3v) is 4.57. The van der Waals surface area contributed by atoms with E-state index in [0.29, 0.717) is 16.9 Å². The van der Waals surface area contributed by atoms with Gasteiger partial charge in [-0.05, 0) is 61.4 Å². The fourth-order valence-electron chi connectivity index (χ4n) is 3.20. The van der Waals surface area contributed by atoms with Gasteiger partial charge in [0.15, 0.2) is 5.76 Å². The average Bonchev–Trinajstić information content (AvgIpc) is 2.98. The molecule has 4 rings (SSSR count). The lowest BCUT2D eigenvalue weighted by Crippen LogP contribution is -2.08. The summed E-state index contributed by atoms with van der Waals surface area (Å²) in [4.78, 5) is 25.0. The van der Waals surface area contributed by atoms with Crippen LogP contribution in [0.2, 0.25) is 0 Å². The molecule has 1 aliphatic heterocycles. The summed E-state index contributed by atoms with van der Waals surface area (Å²) >= 11 is 0. The van der Waals surface area contributed by atoms with Crippen LogP contribution in [0.3, 0.4) is 0 Å². The number of fused-ring (bicyclic) bond motifs is 1. The van der Waals surface area contributed by atoms with Crippen LogP contribution in [0.5, 0.6) is 11.5 Å². The predicted molar refractivity (Wildman–Crippen MR) is 107 cm³/mol. The van der Waals surface area contributed by atoms with Crippen LogP contribution in [0.15, 0.2) is 66.4 Å². The van der Waals surface area contributed by atoms with Crippen molar-refractivity contribution in [1.82, 2.24) is 0 Å². The van der Waals surface area contributed by atoms with E-state index < -0.39 is 11.8 Å². The molecule has 0 radical (unpaired) electrons. The number of rotatable bonds is 3. The van der Waals surface area contributed by atoms with E-state index in [0.717, 1.165) is 11.1 Å². The highest BCUT2D eigenvalue weighted by Crippen LogP contribution is 2.37. The monoisotopic (exact) mass is 388 g/mol. The van der Waals surface area contributed by atoms with Crippen LogP contribution in [-0.2, 0) is 0 Å². The Kier molecular flexibility index (Phi) is 4.72. The Hall–Kier alpha value is -3.73. The van der Waals surface area contributed by atoms with Gasteiger partial charge in [0.2, 0.25) is 5.78 Å². The molecule has 4 nitrogen and oxygen atoms in total. The zero-order chi connectivity index (χ0) is 20.5. The molecule has 3 aromatic carbocycles. The molecule has 3 aromatic rings. The third-order valence-electron chi connectivity index (χ3n) is 4.57. The van der Waals surface area contributed by atoms with Crippen molar-refractivity contribution in [3.63, 3.8) is 0 Å². The van der Waals surface area contributed by atoms with E-state index in [1.54, 1.807) is 19.1 Å². The number of halogens is 1. The molecule has 0 aliphatic carbocycles. The number of ketones is 1. The first kappa shape index (κ1) is 18.6. The summed E-state index contributed by atoms with van der Waals surface area (Å²) in [7, 11) is 0. The molecule has 0 saturated carbocycles. The van der Waals surface area contributed by atoms with Gasteiger partial charge in [-0.25, -0.2) is 9.18 Å². The molecule has 1 heterocycles. The Morgan fingerprint density at radius 2 is 1.79 bits per heavy atom. The minimum atomic E-state index is -0.621. The number of carbonyl (C=O) groups excluding carboxylic acids is 2. The van der Waals surface area contributed by atoms with E-state index >= 15 is 0 Å². The van der Waals surface area contributed by atoms with Crippen LogP contribution >= 0.6 is 0 Å². The highest BCUT2D eigenvalue weighted by Gasteiger charge is 2.30. The molecule has 0 spiro atoms. The second kappa shape index (κ2) is 7.36. The van der Waals surface area contributed by atoms with Gasteiger partial charge in [0, 0.05) is 6.07 Å². The highest BCUT2D eigenvalue weighted by molar-refractivity contribution is 6.15. The molecule has 0 saturated heterocycles. The lowest BCUT2D eigenvalue weighted by atomic mass is 10.0. The second-order valence-electron chi connectivity index (χ2n) is 6.86. The zero-order valence-corrected chi connectivity index (χ0v) is 15.9. The number of hydrogen-bond donors (Lipinski definition) is 0. The normalized spacial score (nSPS) is 13.9. The molecule has 0 N–H and O–H groups in total. The summed E-state index contributed by atoms with van der Waals surface area (Å²) < 4.78 is 24.2. The number of aryl methyl sites for hydroxylation is 2. The van der Waals surface area contributed by atoms with E-state index in [-0.39, 0.29) is 22.9 Å². The third kappa shape index (κ3) is 3.80. The number of ether oxygens (including phenoxy) is 2. The van der Waals surface area contributed by atoms with Gasteiger partial charge in [-0.2, -0.15) is 0 Å². The minimum Gasteiger partial charge on any atom is -0.452 e. The quantitative estimate of drug-likeness (QED) is 0.348. The van der Waals surface area contributed by atoms with E-state index in [2.05, 4.69) is 0 Å². The molecule has 1 aliphatic rings.